The first kappa shape index (κ1) is 11.2. The van der Waals surface area contributed by atoms with Gasteiger partial charge >= 0.3 is 0 Å². The number of nitrogens with zero attached hydrogens (tertiary/aromatic N) is 1. The van der Waals surface area contributed by atoms with Crippen LogP contribution in [0.5, 0.6) is 0 Å². The summed E-state index contributed by atoms with van der Waals surface area (Å²) in [6, 6.07) is 12.8. The molecule has 0 saturated carbocycles. The highest BCUT2D eigenvalue weighted by Crippen LogP contribution is 2.36. The van der Waals surface area contributed by atoms with Gasteiger partial charge in [0.2, 0.25) is 0 Å². The Hall–Kier alpha value is -0.900. The van der Waals surface area contributed by atoms with Crippen molar-refractivity contribution in [2.24, 2.45) is 5.84 Å². The van der Waals surface area contributed by atoms with Crippen molar-refractivity contribution in [1.82, 2.24) is 10.3 Å². The normalized spacial score (nSPS) is 32.9. The Labute approximate surface area is 103 Å². The summed E-state index contributed by atoms with van der Waals surface area (Å²) in [6.07, 6.45) is 5.10. The standard InChI is InChI=1S/C14H21N3/c15-16-12-8-13-6-7-14(9-12)17(13)10-11-4-2-1-3-5-11/h1-5,12-14,16H,6-10,15H2/t13-,14-/m0/s1. The quantitative estimate of drug-likeness (QED) is 0.614. The fourth-order valence-electron chi connectivity index (χ4n) is 3.46. The van der Waals surface area contributed by atoms with Crippen LogP contribution in [0.3, 0.4) is 0 Å². The Kier molecular flexibility index (Phi) is 3.14. The van der Waals surface area contributed by atoms with Crippen LogP contribution in [0.2, 0.25) is 0 Å². The SMILES string of the molecule is NNC1C[C@@H]2CC[C@@H](C1)N2Cc1ccccc1. The average molecular weight is 231 g/mol. The van der Waals surface area contributed by atoms with Crippen LogP contribution in [0.15, 0.2) is 30.3 Å². The third-order valence-electron chi connectivity index (χ3n) is 4.33. The zero-order chi connectivity index (χ0) is 11.7. The smallest absolute Gasteiger partial charge is 0.0240 e. The zero-order valence-electron chi connectivity index (χ0n) is 10.2. The molecule has 3 nitrogen and oxygen atoms in total. The second-order valence-electron chi connectivity index (χ2n) is 5.38. The predicted octanol–water partition coefficient (Wildman–Crippen LogP) is 1.65. The highest BCUT2D eigenvalue weighted by molar-refractivity contribution is 5.15. The van der Waals surface area contributed by atoms with Gasteiger partial charge in [0.25, 0.3) is 0 Å². The van der Waals surface area contributed by atoms with Crippen LogP contribution >= 0.6 is 0 Å². The molecule has 3 N–H and O–H groups in total. The van der Waals surface area contributed by atoms with Crippen LogP contribution in [0.4, 0.5) is 0 Å². The summed E-state index contributed by atoms with van der Waals surface area (Å²) in [5.74, 6) is 5.58. The third-order valence-corrected chi connectivity index (χ3v) is 4.33. The molecule has 1 aromatic rings. The van der Waals surface area contributed by atoms with Gasteiger partial charge in [-0.05, 0) is 31.2 Å². The largest absolute Gasteiger partial charge is 0.293 e. The number of rotatable bonds is 3. The molecule has 2 aliphatic rings. The second-order valence-corrected chi connectivity index (χ2v) is 5.38. The van der Waals surface area contributed by atoms with E-state index in [9.17, 15) is 0 Å². The van der Waals surface area contributed by atoms with Crippen molar-refractivity contribution in [2.45, 2.75) is 50.4 Å². The maximum atomic E-state index is 5.58. The van der Waals surface area contributed by atoms with Crippen molar-refractivity contribution in [2.75, 3.05) is 0 Å². The lowest BCUT2D eigenvalue weighted by molar-refractivity contribution is 0.109. The first-order valence-electron chi connectivity index (χ1n) is 6.62. The van der Waals surface area contributed by atoms with Gasteiger partial charge in [0.15, 0.2) is 0 Å². The summed E-state index contributed by atoms with van der Waals surface area (Å²) in [5, 5.41) is 0. The summed E-state index contributed by atoms with van der Waals surface area (Å²) in [4.78, 5) is 2.68. The number of fused-ring (bicyclic) bond motifs is 2. The molecule has 17 heavy (non-hydrogen) atoms. The molecule has 0 unspecified atom stereocenters. The number of hydrogen-bond donors (Lipinski definition) is 2. The second kappa shape index (κ2) is 4.77. The maximum absolute atomic E-state index is 5.58. The van der Waals surface area contributed by atoms with E-state index in [1.54, 1.807) is 0 Å². The van der Waals surface area contributed by atoms with Crippen molar-refractivity contribution in [3.63, 3.8) is 0 Å². The first-order valence-corrected chi connectivity index (χ1v) is 6.62. The Balaban J connectivity index is 1.69. The Morgan fingerprint density at radius 1 is 1.12 bits per heavy atom. The number of benzene rings is 1. The lowest BCUT2D eigenvalue weighted by atomic mass is 9.97. The molecule has 0 aromatic heterocycles. The van der Waals surface area contributed by atoms with Crippen LogP contribution in [0.25, 0.3) is 0 Å². The Bertz CT molecular complexity index is 351. The van der Waals surface area contributed by atoms with Gasteiger partial charge in [0.05, 0.1) is 0 Å². The van der Waals surface area contributed by atoms with Crippen LogP contribution in [-0.4, -0.2) is 23.0 Å². The molecule has 1 aromatic carbocycles. The molecule has 0 radical (unpaired) electrons. The van der Waals surface area contributed by atoms with Gasteiger partial charge in [0.1, 0.15) is 0 Å². The molecular weight excluding hydrogens is 210 g/mol. The van der Waals surface area contributed by atoms with E-state index in [4.69, 9.17) is 5.84 Å². The molecule has 2 fully saturated rings. The summed E-state index contributed by atoms with van der Waals surface area (Å²) in [7, 11) is 0. The summed E-state index contributed by atoms with van der Waals surface area (Å²) in [5.41, 5.74) is 4.40. The summed E-state index contributed by atoms with van der Waals surface area (Å²) in [6.45, 7) is 1.10. The van der Waals surface area contributed by atoms with E-state index in [-0.39, 0.29) is 0 Å². The molecule has 2 atom stereocenters. The van der Waals surface area contributed by atoms with Crippen molar-refractivity contribution in [3.8, 4) is 0 Å². The highest BCUT2D eigenvalue weighted by atomic mass is 15.3. The van der Waals surface area contributed by atoms with Gasteiger partial charge in [-0.3, -0.25) is 16.2 Å². The molecule has 0 aliphatic carbocycles. The number of hydrogen-bond acceptors (Lipinski definition) is 3. The van der Waals surface area contributed by atoms with Crippen LogP contribution in [0, 0.1) is 0 Å². The minimum Gasteiger partial charge on any atom is -0.293 e. The van der Waals surface area contributed by atoms with Crippen molar-refractivity contribution >= 4 is 0 Å². The van der Waals surface area contributed by atoms with E-state index < -0.39 is 0 Å². The van der Waals surface area contributed by atoms with Crippen molar-refractivity contribution in [3.05, 3.63) is 35.9 Å². The predicted molar refractivity (Wildman–Crippen MR) is 69.1 cm³/mol. The monoisotopic (exact) mass is 231 g/mol. The average Bonchev–Trinajstić information content (AvgIpc) is 2.63. The molecule has 0 amide bonds. The van der Waals surface area contributed by atoms with E-state index in [1.165, 1.54) is 31.2 Å². The number of piperidine rings is 1. The highest BCUT2D eigenvalue weighted by Gasteiger charge is 2.39. The minimum atomic E-state index is 0.527. The van der Waals surface area contributed by atoms with E-state index in [1.807, 2.05) is 0 Å². The van der Waals surface area contributed by atoms with Gasteiger partial charge in [-0.25, -0.2) is 0 Å². The van der Waals surface area contributed by atoms with Gasteiger partial charge in [-0.2, -0.15) is 0 Å². The Morgan fingerprint density at radius 2 is 1.76 bits per heavy atom. The van der Waals surface area contributed by atoms with E-state index >= 15 is 0 Å². The zero-order valence-corrected chi connectivity index (χ0v) is 10.2. The molecule has 2 saturated heterocycles. The van der Waals surface area contributed by atoms with E-state index in [2.05, 4.69) is 40.7 Å². The number of nitrogens with one attached hydrogen (secondary N) is 1. The summed E-state index contributed by atoms with van der Waals surface area (Å²) < 4.78 is 0. The molecular formula is C14H21N3. The fourth-order valence-corrected chi connectivity index (χ4v) is 3.46. The fraction of sp³-hybridized carbons (Fsp3) is 0.571. The molecule has 92 valence electrons. The molecule has 3 heteroatoms. The van der Waals surface area contributed by atoms with Gasteiger partial charge < -0.3 is 0 Å². The molecule has 2 bridgehead atoms. The van der Waals surface area contributed by atoms with Gasteiger partial charge in [0, 0.05) is 24.7 Å². The van der Waals surface area contributed by atoms with Crippen molar-refractivity contribution in [1.29, 1.82) is 0 Å². The van der Waals surface area contributed by atoms with Crippen LogP contribution < -0.4 is 11.3 Å². The number of hydrazine groups is 1. The molecule has 3 rings (SSSR count). The Morgan fingerprint density at radius 3 is 2.35 bits per heavy atom. The van der Waals surface area contributed by atoms with E-state index in [0.29, 0.717) is 6.04 Å². The molecule has 2 heterocycles. The minimum absolute atomic E-state index is 0.527. The number of nitrogens with two attached hydrogens (primary N) is 1. The third kappa shape index (κ3) is 2.23. The lowest BCUT2D eigenvalue weighted by Gasteiger charge is -2.38. The summed E-state index contributed by atoms with van der Waals surface area (Å²) >= 11 is 0. The first-order chi connectivity index (χ1) is 8.36. The van der Waals surface area contributed by atoms with E-state index in [0.717, 1.165) is 18.6 Å². The van der Waals surface area contributed by atoms with Crippen molar-refractivity contribution < 1.29 is 0 Å². The van der Waals surface area contributed by atoms with Gasteiger partial charge in [-0.15, -0.1) is 0 Å². The molecule has 2 aliphatic heterocycles. The maximum Gasteiger partial charge on any atom is 0.0240 e. The molecule has 0 spiro atoms. The lowest BCUT2D eigenvalue weighted by Crippen LogP contribution is -2.50. The van der Waals surface area contributed by atoms with Crippen LogP contribution in [0.1, 0.15) is 31.2 Å². The van der Waals surface area contributed by atoms with Crippen LogP contribution in [-0.2, 0) is 6.54 Å². The van der Waals surface area contributed by atoms with Gasteiger partial charge in [-0.1, -0.05) is 30.3 Å². The topological polar surface area (TPSA) is 41.3 Å².